The van der Waals surface area contributed by atoms with E-state index >= 15 is 0 Å². The first kappa shape index (κ1) is 17.3. The molecule has 0 unspecified atom stereocenters. The molecule has 3 heterocycles. The van der Waals surface area contributed by atoms with Gasteiger partial charge in [0, 0.05) is 33.3 Å². The van der Waals surface area contributed by atoms with E-state index in [1.165, 1.54) is 11.3 Å². The highest BCUT2D eigenvalue weighted by Crippen LogP contribution is 2.30. The quantitative estimate of drug-likeness (QED) is 0.280. The normalized spacial score (nSPS) is 13.0. The molecule has 0 atom stereocenters. The van der Waals surface area contributed by atoms with Crippen molar-refractivity contribution in [1.29, 1.82) is 0 Å². The van der Waals surface area contributed by atoms with Crippen LogP contribution < -0.4 is 10.4 Å². The van der Waals surface area contributed by atoms with E-state index in [0.717, 1.165) is 46.3 Å². The number of carbonyl (C=O) groups excluding carboxylic acids is 1. The van der Waals surface area contributed by atoms with Crippen molar-refractivity contribution in [3.05, 3.63) is 67.6 Å². The van der Waals surface area contributed by atoms with E-state index < -0.39 is 5.97 Å². The molecule has 0 N–H and O–H groups in total. The van der Waals surface area contributed by atoms with Gasteiger partial charge < -0.3 is 9.15 Å². The number of aryl methyl sites for hydroxylation is 1. The Morgan fingerprint density at radius 3 is 2.93 bits per heavy atom. The van der Waals surface area contributed by atoms with Crippen LogP contribution in [0.2, 0.25) is 0 Å². The van der Waals surface area contributed by atoms with Crippen LogP contribution in [0.1, 0.15) is 23.2 Å². The first-order valence-electron chi connectivity index (χ1n) is 8.93. The molecule has 0 spiro atoms. The van der Waals surface area contributed by atoms with Crippen LogP contribution >= 0.6 is 22.7 Å². The maximum Gasteiger partial charge on any atom is 0.339 e. The van der Waals surface area contributed by atoms with Gasteiger partial charge in [0.2, 0.25) is 0 Å². The van der Waals surface area contributed by atoms with E-state index in [9.17, 15) is 9.59 Å². The number of aromatic nitrogens is 1. The second-order valence-electron chi connectivity index (χ2n) is 6.67. The molecule has 0 saturated carbocycles. The molecule has 7 heteroatoms. The minimum Gasteiger partial charge on any atom is -0.426 e. The van der Waals surface area contributed by atoms with Crippen molar-refractivity contribution in [3.63, 3.8) is 0 Å². The number of ether oxygens (including phenoxy) is 1. The zero-order valence-corrected chi connectivity index (χ0v) is 16.4. The summed E-state index contributed by atoms with van der Waals surface area (Å²) in [7, 11) is 0. The van der Waals surface area contributed by atoms with E-state index in [1.54, 1.807) is 23.5 Å². The lowest BCUT2D eigenvalue weighted by Crippen LogP contribution is -2.12. The smallest absolute Gasteiger partial charge is 0.339 e. The minimum absolute atomic E-state index is 0.0901. The van der Waals surface area contributed by atoms with Gasteiger partial charge in [-0.15, -0.1) is 11.3 Å². The summed E-state index contributed by atoms with van der Waals surface area (Å²) in [4.78, 5) is 28.9. The van der Waals surface area contributed by atoms with Gasteiger partial charge in [-0.1, -0.05) is 0 Å². The predicted octanol–water partition coefficient (Wildman–Crippen LogP) is 4.61. The Morgan fingerprint density at radius 1 is 1.18 bits per heavy atom. The molecular weight excluding hydrogens is 394 g/mol. The number of thiophene rings is 1. The van der Waals surface area contributed by atoms with Crippen LogP contribution in [-0.4, -0.2) is 11.0 Å². The van der Waals surface area contributed by atoms with Crippen molar-refractivity contribution in [3.8, 4) is 16.3 Å². The highest BCUT2D eigenvalue weighted by atomic mass is 32.1. The number of nitrogens with zero attached hydrogens (tertiary/aromatic N) is 1. The van der Waals surface area contributed by atoms with Gasteiger partial charge >= 0.3 is 11.6 Å². The van der Waals surface area contributed by atoms with Crippen molar-refractivity contribution in [2.24, 2.45) is 0 Å². The van der Waals surface area contributed by atoms with Crippen LogP contribution in [0.25, 0.3) is 21.5 Å². The molecule has 140 valence electrons. The van der Waals surface area contributed by atoms with E-state index in [4.69, 9.17) is 9.15 Å². The summed E-state index contributed by atoms with van der Waals surface area (Å²) in [5.41, 5.74) is 3.76. The summed E-state index contributed by atoms with van der Waals surface area (Å²) in [5, 5.41) is 7.72. The van der Waals surface area contributed by atoms with Crippen molar-refractivity contribution in [1.82, 2.24) is 4.98 Å². The van der Waals surface area contributed by atoms with Crippen LogP contribution in [0.5, 0.6) is 5.75 Å². The van der Waals surface area contributed by atoms with Crippen molar-refractivity contribution in [2.75, 3.05) is 0 Å². The lowest BCUT2D eigenvalue weighted by molar-refractivity contribution is -0.133. The molecule has 1 aliphatic rings. The molecule has 5 nitrogen and oxygen atoms in total. The second-order valence-corrected chi connectivity index (χ2v) is 8.30. The van der Waals surface area contributed by atoms with Crippen LogP contribution in [0, 0.1) is 0 Å². The monoisotopic (exact) mass is 409 g/mol. The topological polar surface area (TPSA) is 69.4 Å². The standard InChI is InChI=1S/C21H15NO4S2/c23-19(8-13-11-28-20(22-13)12-6-7-27-10-12)25-14-4-5-16-15-2-1-3-17(15)21(24)26-18(16)9-14/h4-7,9-11H,1-3,8H2. The number of carbonyl (C=O) groups is 1. The Labute approximate surface area is 168 Å². The fraction of sp³-hybridized carbons (Fsp3) is 0.190. The van der Waals surface area contributed by atoms with Gasteiger partial charge in [0.1, 0.15) is 16.3 Å². The first-order valence-corrected chi connectivity index (χ1v) is 10.8. The second kappa shape index (κ2) is 7.00. The molecule has 0 aliphatic heterocycles. The third-order valence-corrected chi connectivity index (χ3v) is 6.45. The summed E-state index contributed by atoms with van der Waals surface area (Å²) in [6.45, 7) is 0. The van der Waals surface area contributed by atoms with Crippen LogP contribution in [-0.2, 0) is 24.1 Å². The van der Waals surface area contributed by atoms with Gasteiger partial charge in [-0.25, -0.2) is 9.78 Å². The van der Waals surface area contributed by atoms with E-state index in [0.29, 0.717) is 17.0 Å². The summed E-state index contributed by atoms with van der Waals surface area (Å²) in [6.07, 6.45) is 2.71. The molecule has 0 saturated heterocycles. The van der Waals surface area contributed by atoms with Gasteiger partial charge in [0.15, 0.2) is 0 Å². The minimum atomic E-state index is -0.398. The molecule has 1 aliphatic carbocycles. The van der Waals surface area contributed by atoms with Gasteiger partial charge in [-0.2, -0.15) is 11.3 Å². The Morgan fingerprint density at radius 2 is 2.07 bits per heavy atom. The summed E-state index contributed by atoms with van der Waals surface area (Å²) in [5.74, 6) is -0.0306. The SMILES string of the molecule is O=C(Cc1csc(-c2ccsc2)n1)Oc1ccc2c3c(c(=O)oc2c1)CCC3. The number of benzene rings is 1. The number of rotatable bonds is 4. The molecule has 4 aromatic rings. The highest BCUT2D eigenvalue weighted by molar-refractivity contribution is 7.14. The molecule has 3 aromatic heterocycles. The predicted molar refractivity (Wildman–Crippen MR) is 109 cm³/mol. The van der Waals surface area contributed by atoms with Crippen molar-refractivity contribution >= 4 is 39.6 Å². The van der Waals surface area contributed by atoms with E-state index in [1.807, 2.05) is 28.3 Å². The largest absolute Gasteiger partial charge is 0.426 e. The van der Waals surface area contributed by atoms with E-state index in [-0.39, 0.29) is 12.0 Å². The van der Waals surface area contributed by atoms with Crippen molar-refractivity contribution in [2.45, 2.75) is 25.7 Å². The van der Waals surface area contributed by atoms with Gasteiger partial charge in [-0.3, -0.25) is 4.79 Å². The maximum atomic E-state index is 12.3. The van der Waals surface area contributed by atoms with Crippen LogP contribution in [0.4, 0.5) is 0 Å². The van der Waals surface area contributed by atoms with Crippen molar-refractivity contribution < 1.29 is 13.9 Å². The average molecular weight is 409 g/mol. The molecule has 0 bridgehead atoms. The first-order chi connectivity index (χ1) is 13.7. The number of hydrogen-bond acceptors (Lipinski definition) is 7. The fourth-order valence-electron chi connectivity index (χ4n) is 3.55. The zero-order valence-electron chi connectivity index (χ0n) is 14.8. The maximum absolute atomic E-state index is 12.3. The summed E-state index contributed by atoms with van der Waals surface area (Å²) >= 11 is 3.12. The third-order valence-electron chi connectivity index (χ3n) is 4.82. The summed E-state index contributed by atoms with van der Waals surface area (Å²) in [6, 6.07) is 7.23. The van der Waals surface area contributed by atoms with Gasteiger partial charge in [0.05, 0.1) is 12.1 Å². The molecule has 0 fully saturated rings. The Balaban J connectivity index is 1.34. The van der Waals surface area contributed by atoms with Crippen LogP contribution in [0.15, 0.2) is 49.6 Å². The number of fused-ring (bicyclic) bond motifs is 3. The van der Waals surface area contributed by atoms with Gasteiger partial charge in [0.25, 0.3) is 0 Å². The number of thiazole rings is 1. The van der Waals surface area contributed by atoms with E-state index in [2.05, 4.69) is 4.98 Å². The molecular formula is C21H15NO4S2. The molecule has 28 heavy (non-hydrogen) atoms. The molecule has 1 aromatic carbocycles. The summed E-state index contributed by atoms with van der Waals surface area (Å²) < 4.78 is 10.9. The van der Waals surface area contributed by atoms with Gasteiger partial charge in [-0.05, 0) is 48.4 Å². The average Bonchev–Trinajstić information content (AvgIpc) is 3.43. The third kappa shape index (κ3) is 3.16. The zero-order chi connectivity index (χ0) is 19.1. The lowest BCUT2D eigenvalue weighted by atomic mass is 10.1. The Bertz CT molecular complexity index is 1240. The molecule has 0 radical (unpaired) electrons. The lowest BCUT2D eigenvalue weighted by Gasteiger charge is -2.07. The highest BCUT2D eigenvalue weighted by Gasteiger charge is 2.20. The molecule has 5 rings (SSSR count). The van der Waals surface area contributed by atoms with Crippen LogP contribution in [0.3, 0.4) is 0 Å². The Kier molecular flexibility index (Phi) is 4.33. The number of esters is 1. The fourth-order valence-corrected chi connectivity index (χ4v) is 5.08. The number of hydrogen-bond donors (Lipinski definition) is 0. The Hall–Kier alpha value is -2.77. The molecule has 0 amide bonds.